The molecule has 11 heteroatoms. The lowest BCUT2D eigenvalue weighted by molar-refractivity contribution is -0.121. The van der Waals surface area contributed by atoms with Crippen LogP contribution in [-0.4, -0.2) is 45.0 Å². The van der Waals surface area contributed by atoms with Crippen LogP contribution in [0.3, 0.4) is 0 Å². The predicted octanol–water partition coefficient (Wildman–Crippen LogP) is 5.15. The fraction of sp³-hybridized carbons (Fsp3) is 0.167. The van der Waals surface area contributed by atoms with Crippen molar-refractivity contribution in [3.05, 3.63) is 92.4 Å². The lowest BCUT2D eigenvalue weighted by atomic mass is 10.1. The molecular formula is C24H22BrCl2N3O4S. The number of rotatable bonds is 10. The molecule has 3 rings (SSSR count). The number of hydrogen-bond donors (Lipinski definition) is 1. The van der Waals surface area contributed by atoms with Crippen LogP contribution in [0.15, 0.2) is 81.2 Å². The Balaban J connectivity index is 1.80. The number of methoxy groups -OCH3 is 1. The van der Waals surface area contributed by atoms with Crippen molar-refractivity contribution in [2.45, 2.75) is 11.3 Å². The molecule has 0 heterocycles. The second-order valence-corrected chi connectivity index (χ2v) is 11.0. The topological polar surface area (TPSA) is 88.1 Å². The molecule has 1 N–H and O–H groups in total. The minimum Gasteiger partial charge on any atom is -0.496 e. The van der Waals surface area contributed by atoms with Crippen molar-refractivity contribution in [1.82, 2.24) is 9.73 Å². The first-order chi connectivity index (χ1) is 16.7. The van der Waals surface area contributed by atoms with E-state index in [0.717, 1.165) is 14.3 Å². The highest BCUT2D eigenvalue weighted by Crippen LogP contribution is 2.28. The van der Waals surface area contributed by atoms with Crippen LogP contribution < -0.4 is 10.2 Å². The molecule has 3 aromatic carbocycles. The molecule has 1 amide bonds. The molecule has 0 unspecified atom stereocenters. The van der Waals surface area contributed by atoms with E-state index in [-0.39, 0.29) is 21.5 Å². The minimum absolute atomic E-state index is 0.0132. The fourth-order valence-corrected chi connectivity index (χ4v) is 5.69. The van der Waals surface area contributed by atoms with Gasteiger partial charge in [-0.2, -0.15) is 9.41 Å². The van der Waals surface area contributed by atoms with Crippen LogP contribution in [0, 0.1) is 0 Å². The number of halogens is 3. The minimum atomic E-state index is -4.13. The molecule has 7 nitrogen and oxygen atoms in total. The van der Waals surface area contributed by atoms with Crippen LogP contribution in [0.2, 0.25) is 10.0 Å². The number of amides is 1. The van der Waals surface area contributed by atoms with Crippen molar-refractivity contribution < 1.29 is 17.9 Å². The Morgan fingerprint density at radius 3 is 2.57 bits per heavy atom. The Morgan fingerprint density at radius 2 is 1.86 bits per heavy atom. The average molecular weight is 599 g/mol. The van der Waals surface area contributed by atoms with Gasteiger partial charge in [0.15, 0.2) is 0 Å². The van der Waals surface area contributed by atoms with E-state index in [1.54, 1.807) is 12.1 Å². The van der Waals surface area contributed by atoms with E-state index >= 15 is 0 Å². The fourth-order valence-electron chi connectivity index (χ4n) is 3.17. The average Bonchev–Trinajstić information content (AvgIpc) is 2.84. The van der Waals surface area contributed by atoms with Gasteiger partial charge in [0.2, 0.25) is 10.0 Å². The lowest BCUT2D eigenvalue weighted by Crippen LogP contribution is -2.40. The highest BCUT2D eigenvalue weighted by atomic mass is 79.9. The van der Waals surface area contributed by atoms with Crippen molar-refractivity contribution in [2.24, 2.45) is 5.10 Å². The van der Waals surface area contributed by atoms with Gasteiger partial charge in [0.1, 0.15) is 10.6 Å². The van der Waals surface area contributed by atoms with Gasteiger partial charge >= 0.3 is 0 Å². The van der Waals surface area contributed by atoms with Gasteiger partial charge in [-0.1, -0.05) is 69.5 Å². The maximum absolute atomic E-state index is 13.4. The first-order valence-corrected chi connectivity index (χ1v) is 13.3. The van der Waals surface area contributed by atoms with Gasteiger partial charge in [-0.15, -0.1) is 0 Å². The molecule has 0 aliphatic rings. The van der Waals surface area contributed by atoms with Gasteiger partial charge in [-0.05, 0) is 48.4 Å². The van der Waals surface area contributed by atoms with Crippen molar-refractivity contribution in [2.75, 3.05) is 20.2 Å². The lowest BCUT2D eigenvalue weighted by Gasteiger charge is -2.22. The molecule has 0 saturated heterocycles. The monoisotopic (exact) mass is 597 g/mol. The Kier molecular flexibility index (Phi) is 9.71. The van der Waals surface area contributed by atoms with Crippen molar-refractivity contribution >= 4 is 61.3 Å². The molecule has 0 aliphatic carbocycles. The van der Waals surface area contributed by atoms with Crippen LogP contribution in [0.4, 0.5) is 0 Å². The number of sulfonamides is 1. The quantitative estimate of drug-likeness (QED) is 0.258. The van der Waals surface area contributed by atoms with E-state index in [4.69, 9.17) is 27.9 Å². The number of benzene rings is 3. The Labute approximate surface area is 222 Å². The summed E-state index contributed by atoms with van der Waals surface area (Å²) in [6, 6.07) is 18.9. The van der Waals surface area contributed by atoms with Crippen LogP contribution in [0.5, 0.6) is 5.75 Å². The van der Waals surface area contributed by atoms with E-state index in [2.05, 4.69) is 26.5 Å². The Hall–Kier alpha value is -2.43. The normalized spacial score (nSPS) is 11.7. The van der Waals surface area contributed by atoms with Crippen LogP contribution in [-0.2, 0) is 21.2 Å². The molecule has 0 radical (unpaired) electrons. The highest BCUT2D eigenvalue weighted by Gasteiger charge is 2.29. The zero-order chi connectivity index (χ0) is 25.4. The van der Waals surface area contributed by atoms with Crippen molar-refractivity contribution in [3.8, 4) is 5.75 Å². The van der Waals surface area contributed by atoms with Crippen LogP contribution in [0.1, 0.15) is 11.1 Å². The molecule has 3 aromatic rings. The summed E-state index contributed by atoms with van der Waals surface area (Å²) in [5.41, 5.74) is 3.92. The third kappa shape index (κ3) is 7.52. The zero-order valence-corrected chi connectivity index (χ0v) is 22.5. The molecule has 184 valence electrons. The summed E-state index contributed by atoms with van der Waals surface area (Å²) in [6.45, 7) is -0.420. The predicted molar refractivity (Wildman–Crippen MR) is 142 cm³/mol. The van der Waals surface area contributed by atoms with E-state index in [1.165, 1.54) is 31.5 Å². The largest absolute Gasteiger partial charge is 0.496 e. The van der Waals surface area contributed by atoms with E-state index in [1.807, 2.05) is 36.4 Å². The molecule has 0 bridgehead atoms. The molecule has 35 heavy (non-hydrogen) atoms. The molecule has 0 atom stereocenters. The summed E-state index contributed by atoms with van der Waals surface area (Å²) in [5.74, 6) is -0.0566. The first-order valence-electron chi connectivity index (χ1n) is 10.4. The standard InChI is InChI=1S/C24H22BrCl2N3O4S/c1-34-22-10-7-19(25)13-18(22)15-28-29-24(31)16-30(12-11-17-5-3-2-4-6-17)35(32,33)23-14-20(26)8-9-21(23)27/h2-10,13-15H,11-12,16H2,1H3,(H,29,31)/b28-15-. The number of carbonyl (C=O) groups excluding carboxylic acids is 1. The molecule has 0 aliphatic heterocycles. The summed E-state index contributed by atoms with van der Waals surface area (Å²) in [5, 5.41) is 4.18. The second kappa shape index (κ2) is 12.5. The van der Waals surface area contributed by atoms with Gasteiger partial charge in [0.05, 0.1) is 24.9 Å². The smallest absolute Gasteiger partial charge is 0.255 e. The van der Waals surface area contributed by atoms with Gasteiger partial charge < -0.3 is 4.74 Å². The van der Waals surface area contributed by atoms with Crippen molar-refractivity contribution in [3.63, 3.8) is 0 Å². The number of nitrogens with zero attached hydrogens (tertiary/aromatic N) is 2. The van der Waals surface area contributed by atoms with Crippen LogP contribution in [0.25, 0.3) is 0 Å². The SMILES string of the molecule is COc1ccc(Br)cc1/C=N\NC(=O)CN(CCc1ccccc1)S(=O)(=O)c1cc(Cl)ccc1Cl. The molecule has 0 saturated carbocycles. The van der Waals surface area contributed by atoms with Gasteiger partial charge in [-0.25, -0.2) is 13.8 Å². The summed E-state index contributed by atoms with van der Waals surface area (Å²) in [7, 11) is -2.61. The molecular weight excluding hydrogens is 577 g/mol. The van der Waals surface area contributed by atoms with Crippen molar-refractivity contribution in [1.29, 1.82) is 0 Å². The maximum Gasteiger partial charge on any atom is 0.255 e. The zero-order valence-electron chi connectivity index (χ0n) is 18.6. The summed E-state index contributed by atoms with van der Waals surface area (Å²) in [4.78, 5) is 12.5. The second-order valence-electron chi connectivity index (χ2n) is 7.33. The first kappa shape index (κ1) is 27.2. The van der Waals surface area contributed by atoms with Gasteiger partial charge in [-0.3, -0.25) is 4.79 Å². The third-order valence-electron chi connectivity index (χ3n) is 4.91. The summed E-state index contributed by atoms with van der Waals surface area (Å²) in [6.07, 6.45) is 1.81. The number of hydrogen-bond acceptors (Lipinski definition) is 5. The van der Waals surface area contributed by atoms with E-state index < -0.39 is 22.5 Å². The summed E-state index contributed by atoms with van der Waals surface area (Å²) >= 11 is 15.6. The molecule has 0 spiro atoms. The van der Waals surface area contributed by atoms with Gasteiger partial charge in [0, 0.05) is 21.6 Å². The third-order valence-corrected chi connectivity index (χ3v) is 7.96. The number of ether oxygens (including phenoxy) is 1. The Bertz CT molecular complexity index is 1320. The van der Waals surface area contributed by atoms with E-state index in [9.17, 15) is 13.2 Å². The number of hydrazone groups is 1. The highest BCUT2D eigenvalue weighted by molar-refractivity contribution is 9.10. The summed E-state index contributed by atoms with van der Waals surface area (Å²) < 4.78 is 34.0. The maximum atomic E-state index is 13.4. The number of carbonyl (C=O) groups is 1. The number of nitrogens with one attached hydrogen (secondary N) is 1. The Morgan fingerprint density at radius 1 is 1.11 bits per heavy atom. The molecule has 0 fully saturated rings. The van der Waals surface area contributed by atoms with E-state index in [0.29, 0.717) is 17.7 Å². The van der Waals surface area contributed by atoms with Gasteiger partial charge in [0.25, 0.3) is 5.91 Å². The molecule has 0 aromatic heterocycles. The van der Waals surface area contributed by atoms with Crippen LogP contribution >= 0.6 is 39.1 Å².